The van der Waals surface area contributed by atoms with Crippen molar-refractivity contribution in [1.29, 1.82) is 0 Å². The number of benzene rings is 1. The first-order valence-corrected chi connectivity index (χ1v) is 7.03. The minimum absolute atomic E-state index is 0.210. The fourth-order valence-electron chi connectivity index (χ4n) is 3.11. The lowest BCUT2D eigenvalue weighted by atomic mass is 9.87. The van der Waals surface area contributed by atoms with Crippen LogP contribution in [0.4, 0.5) is 0 Å². The van der Waals surface area contributed by atoms with Crippen LogP contribution in [0.3, 0.4) is 0 Å². The Morgan fingerprint density at radius 1 is 1.28 bits per heavy atom. The lowest BCUT2D eigenvalue weighted by Gasteiger charge is -2.28. The van der Waals surface area contributed by atoms with Crippen molar-refractivity contribution in [2.24, 2.45) is 5.92 Å². The maximum absolute atomic E-state index is 10.4. The number of aliphatic hydroxyl groups is 1. The van der Waals surface area contributed by atoms with Crippen molar-refractivity contribution in [1.82, 2.24) is 5.32 Å². The van der Waals surface area contributed by atoms with Crippen molar-refractivity contribution in [2.75, 3.05) is 13.1 Å². The van der Waals surface area contributed by atoms with Gasteiger partial charge in [0.05, 0.1) is 6.10 Å². The smallest absolute Gasteiger partial charge is 0.0621 e. The lowest BCUT2D eigenvalue weighted by molar-refractivity contribution is 0.0919. The molecule has 0 saturated carbocycles. The van der Waals surface area contributed by atoms with Crippen LogP contribution in [0.5, 0.6) is 0 Å². The standard InChI is InChI=1S/C16H25NO/c1-11-7-12(2)15(13(3)8-11)9-16(18)14-5-4-6-17-10-14/h7-8,14,16-18H,4-6,9-10H2,1-3H3. The molecule has 2 atom stereocenters. The molecule has 100 valence electrons. The Balaban J connectivity index is 2.08. The van der Waals surface area contributed by atoms with Gasteiger partial charge < -0.3 is 10.4 Å². The molecular weight excluding hydrogens is 222 g/mol. The van der Waals surface area contributed by atoms with E-state index >= 15 is 0 Å². The summed E-state index contributed by atoms with van der Waals surface area (Å²) in [6.45, 7) is 8.50. The molecule has 2 rings (SSSR count). The van der Waals surface area contributed by atoms with E-state index in [1.54, 1.807) is 0 Å². The van der Waals surface area contributed by atoms with E-state index in [9.17, 15) is 5.11 Å². The molecule has 1 aliphatic rings. The number of rotatable bonds is 3. The zero-order valence-electron chi connectivity index (χ0n) is 11.8. The Morgan fingerprint density at radius 3 is 2.50 bits per heavy atom. The van der Waals surface area contributed by atoms with E-state index in [1.165, 1.54) is 28.7 Å². The summed E-state index contributed by atoms with van der Waals surface area (Å²) in [4.78, 5) is 0. The highest BCUT2D eigenvalue weighted by molar-refractivity contribution is 5.37. The molecule has 0 aliphatic carbocycles. The molecule has 1 aromatic carbocycles. The second-order valence-electron chi connectivity index (χ2n) is 5.76. The van der Waals surface area contributed by atoms with Gasteiger partial charge in [0.2, 0.25) is 0 Å². The monoisotopic (exact) mass is 247 g/mol. The van der Waals surface area contributed by atoms with E-state index in [2.05, 4.69) is 38.2 Å². The summed E-state index contributed by atoms with van der Waals surface area (Å²) in [7, 11) is 0. The van der Waals surface area contributed by atoms with Crippen LogP contribution in [0.2, 0.25) is 0 Å². The third-order valence-electron chi connectivity index (χ3n) is 4.13. The van der Waals surface area contributed by atoms with Gasteiger partial charge in [-0.3, -0.25) is 0 Å². The third kappa shape index (κ3) is 3.12. The number of hydrogen-bond acceptors (Lipinski definition) is 2. The van der Waals surface area contributed by atoms with E-state index in [-0.39, 0.29) is 6.10 Å². The third-order valence-corrected chi connectivity index (χ3v) is 4.13. The van der Waals surface area contributed by atoms with E-state index in [1.807, 2.05) is 0 Å². The van der Waals surface area contributed by atoms with Crippen molar-refractivity contribution in [3.05, 3.63) is 34.4 Å². The van der Waals surface area contributed by atoms with Crippen molar-refractivity contribution in [3.8, 4) is 0 Å². The minimum Gasteiger partial charge on any atom is -0.392 e. The van der Waals surface area contributed by atoms with Crippen molar-refractivity contribution in [2.45, 2.75) is 46.1 Å². The topological polar surface area (TPSA) is 32.3 Å². The van der Waals surface area contributed by atoms with Crippen LogP contribution in [-0.2, 0) is 6.42 Å². The van der Waals surface area contributed by atoms with Crippen LogP contribution >= 0.6 is 0 Å². The molecule has 0 amide bonds. The van der Waals surface area contributed by atoms with Gasteiger partial charge in [0.1, 0.15) is 0 Å². The molecule has 1 aromatic rings. The molecule has 1 fully saturated rings. The summed E-state index contributed by atoms with van der Waals surface area (Å²) < 4.78 is 0. The fraction of sp³-hybridized carbons (Fsp3) is 0.625. The molecule has 0 radical (unpaired) electrons. The summed E-state index contributed by atoms with van der Waals surface area (Å²) in [5.41, 5.74) is 5.27. The fourth-order valence-corrected chi connectivity index (χ4v) is 3.11. The van der Waals surface area contributed by atoms with Gasteiger partial charge in [-0.2, -0.15) is 0 Å². The van der Waals surface area contributed by atoms with Crippen molar-refractivity contribution < 1.29 is 5.11 Å². The normalized spacial score (nSPS) is 21.9. The zero-order chi connectivity index (χ0) is 13.1. The van der Waals surface area contributed by atoms with Gasteiger partial charge in [-0.15, -0.1) is 0 Å². The first-order valence-electron chi connectivity index (χ1n) is 7.03. The van der Waals surface area contributed by atoms with Gasteiger partial charge in [-0.05, 0) is 69.2 Å². The van der Waals surface area contributed by atoms with Gasteiger partial charge >= 0.3 is 0 Å². The van der Waals surface area contributed by atoms with Crippen LogP contribution in [0.1, 0.15) is 35.1 Å². The average molecular weight is 247 g/mol. The lowest BCUT2D eigenvalue weighted by Crippen LogP contribution is -2.37. The molecular formula is C16H25NO. The van der Waals surface area contributed by atoms with Crippen LogP contribution in [-0.4, -0.2) is 24.3 Å². The Morgan fingerprint density at radius 2 is 1.94 bits per heavy atom. The Labute approximate surface area is 110 Å². The van der Waals surface area contributed by atoms with Gasteiger partial charge in [-0.25, -0.2) is 0 Å². The van der Waals surface area contributed by atoms with Crippen LogP contribution in [0, 0.1) is 26.7 Å². The summed E-state index contributed by atoms with van der Waals surface area (Å²) >= 11 is 0. The average Bonchev–Trinajstić information content (AvgIpc) is 2.34. The molecule has 0 bridgehead atoms. The first-order chi connectivity index (χ1) is 8.58. The van der Waals surface area contributed by atoms with Gasteiger partial charge in [-0.1, -0.05) is 17.7 Å². The Kier molecular flexibility index (Phi) is 4.41. The molecule has 1 aliphatic heterocycles. The largest absolute Gasteiger partial charge is 0.392 e. The van der Waals surface area contributed by atoms with E-state index < -0.39 is 0 Å². The molecule has 0 aromatic heterocycles. The van der Waals surface area contributed by atoms with E-state index in [0.29, 0.717) is 5.92 Å². The zero-order valence-corrected chi connectivity index (χ0v) is 11.8. The van der Waals surface area contributed by atoms with Gasteiger partial charge in [0.25, 0.3) is 0 Å². The maximum Gasteiger partial charge on any atom is 0.0621 e. The number of aliphatic hydroxyl groups excluding tert-OH is 1. The SMILES string of the molecule is Cc1cc(C)c(CC(O)C2CCCNC2)c(C)c1. The minimum atomic E-state index is -0.210. The molecule has 2 nitrogen and oxygen atoms in total. The van der Waals surface area contributed by atoms with E-state index in [4.69, 9.17) is 0 Å². The number of aryl methyl sites for hydroxylation is 3. The number of piperidine rings is 1. The second-order valence-corrected chi connectivity index (χ2v) is 5.76. The summed E-state index contributed by atoms with van der Waals surface area (Å²) in [5, 5.41) is 13.8. The predicted molar refractivity (Wildman–Crippen MR) is 76.0 cm³/mol. The Hall–Kier alpha value is -0.860. The molecule has 0 spiro atoms. The first kappa shape index (κ1) is 13.6. The van der Waals surface area contributed by atoms with Crippen LogP contribution in [0.15, 0.2) is 12.1 Å². The number of nitrogens with one attached hydrogen (secondary N) is 1. The van der Waals surface area contributed by atoms with Crippen LogP contribution < -0.4 is 5.32 Å². The highest BCUT2D eigenvalue weighted by Gasteiger charge is 2.22. The molecule has 18 heavy (non-hydrogen) atoms. The molecule has 1 heterocycles. The summed E-state index contributed by atoms with van der Waals surface area (Å²) in [6.07, 6.45) is 2.92. The van der Waals surface area contributed by atoms with Gasteiger partial charge in [0.15, 0.2) is 0 Å². The Bertz CT molecular complexity index is 385. The van der Waals surface area contributed by atoms with Crippen LogP contribution in [0.25, 0.3) is 0 Å². The van der Waals surface area contributed by atoms with E-state index in [0.717, 1.165) is 25.9 Å². The number of hydrogen-bond donors (Lipinski definition) is 2. The summed E-state index contributed by atoms with van der Waals surface area (Å²) in [5.74, 6) is 0.416. The quantitative estimate of drug-likeness (QED) is 0.860. The molecule has 2 N–H and O–H groups in total. The molecule has 2 unspecified atom stereocenters. The highest BCUT2D eigenvalue weighted by Crippen LogP contribution is 2.22. The second kappa shape index (κ2) is 5.85. The molecule has 2 heteroatoms. The maximum atomic E-state index is 10.4. The molecule has 1 saturated heterocycles. The van der Waals surface area contributed by atoms with Crippen molar-refractivity contribution >= 4 is 0 Å². The highest BCUT2D eigenvalue weighted by atomic mass is 16.3. The van der Waals surface area contributed by atoms with Gasteiger partial charge in [0, 0.05) is 6.54 Å². The summed E-state index contributed by atoms with van der Waals surface area (Å²) in [6, 6.07) is 4.43. The van der Waals surface area contributed by atoms with Crippen molar-refractivity contribution in [3.63, 3.8) is 0 Å². The predicted octanol–water partition coefficient (Wildman–Crippen LogP) is 2.51.